The first-order valence-corrected chi connectivity index (χ1v) is 12.8. The van der Waals surface area contributed by atoms with E-state index in [9.17, 15) is 4.79 Å². The molecular formula is C29H27ClN4O5. The number of pyridine rings is 2. The zero-order valence-electron chi connectivity index (χ0n) is 21.4. The predicted molar refractivity (Wildman–Crippen MR) is 140 cm³/mol. The summed E-state index contributed by atoms with van der Waals surface area (Å²) in [4.78, 5) is 21.6. The lowest BCUT2D eigenvalue weighted by atomic mass is 9.95. The lowest BCUT2D eigenvalue weighted by molar-refractivity contribution is -0.686. The van der Waals surface area contributed by atoms with Crippen LogP contribution in [-0.4, -0.2) is 56.1 Å². The van der Waals surface area contributed by atoms with E-state index in [0.717, 1.165) is 52.3 Å². The third-order valence-corrected chi connectivity index (χ3v) is 7.50. The molecule has 2 aromatic carbocycles. The standard InChI is InChI=1S/C29H27N4O5.ClH/c1-35-24-6-5-19-14-23-21-16-26-25(36-18-37-26)15-20(21)7-9-33(23)17-22(19)28(24)38-29(34)32-12-10-31(11-13-32)27-4-2-3-8-30-27;/h2-6,8,14-17H,7,9-13,18H2,1H3;1H/q+1;/p-1. The molecule has 3 aliphatic heterocycles. The number of aryl methyl sites for hydroxylation is 2. The number of halogens is 1. The van der Waals surface area contributed by atoms with Crippen LogP contribution in [0.15, 0.2) is 60.9 Å². The van der Waals surface area contributed by atoms with Crippen LogP contribution in [0.5, 0.6) is 23.0 Å². The highest BCUT2D eigenvalue weighted by Crippen LogP contribution is 2.41. The van der Waals surface area contributed by atoms with Crippen molar-refractivity contribution < 1.29 is 40.7 Å². The van der Waals surface area contributed by atoms with E-state index < -0.39 is 0 Å². The predicted octanol–water partition coefficient (Wildman–Crippen LogP) is 0.808. The maximum absolute atomic E-state index is 13.3. The molecule has 5 heterocycles. The first-order chi connectivity index (χ1) is 18.7. The minimum absolute atomic E-state index is 0. The van der Waals surface area contributed by atoms with E-state index in [0.29, 0.717) is 37.7 Å². The van der Waals surface area contributed by atoms with Gasteiger partial charge in [0.15, 0.2) is 35.7 Å². The highest BCUT2D eigenvalue weighted by atomic mass is 35.5. The quantitative estimate of drug-likeness (QED) is 0.352. The summed E-state index contributed by atoms with van der Waals surface area (Å²) in [7, 11) is 1.59. The van der Waals surface area contributed by atoms with Crippen molar-refractivity contribution in [3.63, 3.8) is 0 Å². The Labute approximate surface area is 231 Å². The van der Waals surface area contributed by atoms with Crippen molar-refractivity contribution in [3.05, 3.63) is 66.5 Å². The minimum atomic E-state index is -0.378. The van der Waals surface area contributed by atoms with Gasteiger partial charge in [-0.25, -0.2) is 9.78 Å². The molecule has 0 atom stereocenters. The van der Waals surface area contributed by atoms with Gasteiger partial charge in [-0.05, 0) is 47.3 Å². The van der Waals surface area contributed by atoms with Crippen LogP contribution in [0.3, 0.4) is 0 Å². The Balaban J connectivity index is 0.00000277. The summed E-state index contributed by atoms with van der Waals surface area (Å²) in [5.74, 6) is 3.46. The molecule has 9 nitrogen and oxygen atoms in total. The summed E-state index contributed by atoms with van der Waals surface area (Å²) in [6, 6.07) is 16.0. The third-order valence-electron chi connectivity index (χ3n) is 7.50. The maximum Gasteiger partial charge on any atom is 0.415 e. The monoisotopic (exact) mass is 546 g/mol. The largest absolute Gasteiger partial charge is 1.00 e. The Bertz CT molecular complexity index is 1560. The molecule has 0 spiro atoms. The number of methoxy groups -OCH3 is 1. The number of aromatic nitrogens is 2. The molecule has 2 aromatic heterocycles. The smallest absolute Gasteiger partial charge is 0.415 e. The minimum Gasteiger partial charge on any atom is -1.00 e. The van der Waals surface area contributed by atoms with Gasteiger partial charge in [-0.15, -0.1) is 0 Å². The van der Waals surface area contributed by atoms with Gasteiger partial charge in [0, 0.05) is 44.9 Å². The van der Waals surface area contributed by atoms with Crippen LogP contribution in [0.2, 0.25) is 0 Å². The van der Waals surface area contributed by atoms with Crippen molar-refractivity contribution >= 4 is 22.7 Å². The summed E-state index contributed by atoms with van der Waals surface area (Å²) < 4.78 is 25.1. The lowest BCUT2D eigenvalue weighted by Crippen LogP contribution is -3.00. The van der Waals surface area contributed by atoms with Gasteiger partial charge in [0.1, 0.15) is 5.82 Å². The molecule has 0 bridgehead atoms. The molecule has 3 aliphatic rings. The van der Waals surface area contributed by atoms with Crippen molar-refractivity contribution in [2.24, 2.45) is 0 Å². The molecule has 4 aromatic rings. The second-order valence-corrected chi connectivity index (χ2v) is 9.59. The average Bonchev–Trinajstić information content (AvgIpc) is 3.43. The van der Waals surface area contributed by atoms with Crippen LogP contribution in [0.25, 0.3) is 22.0 Å². The van der Waals surface area contributed by atoms with Crippen LogP contribution < -0.4 is 40.8 Å². The van der Waals surface area contributed by atoms with Crippen molar-refractivity contribution in [1.29, 1.82) is 0 Å². The van der Waals surface area contributed by atoms with Crippen LogP contribution >= 0.6 is 0 Å². The van der Waals surface area contributed by atoms with E-state index in [1.807, 2.05) is 30.3 Å². The van der Waals surface area contributed by atoms with Gasteiger partial charge in [-0.3, -0.25) is 0 Å². The molecule has 0 N–H and O–H groups in total. The molecular weight excluding hydrogens is 520 g/mol. The average molecular weight is 547 g/mol. The summed E-state index contributed by atoms with van der Waals surface area (Å²) in [6.45, 7) is 3.56. The van der Waals surface area contributed by atoms with Crippen LogP contribution in [-0.2, 0) is 13.0 Å². The Hall–Kier alpha value is -4.24. The fraction of sp³-hybridized carbons (Fsp3) is 0.276. The molecule has 1 fully saturated rings. The Morgan fingerprint density at radius 3 is 2.62 bits per heavy atom. The van der Waals surface area contributed by atoms with Gasteiger partial charge >= 0.3 is 6.09 Å². The maximum atomic E-state index is 13.3. The second-order valence-electron chi connectivity index (χ2n) is 9.59. The number of anilines is 1. The fourth-order valence-electron chi connectivity index (χ4n) is 5.47. The molecule has 39 heavy (non-hydrogen) atoms. The number of ether oxygens (including phenoxy) is 4. The van der Waals surface area contributed by atoms with Gasteiger partial charge in [-0.1, -0.05) is 6.07 Å². The molecule has 1 saturated heterocycles. The summed E-state index contributed by atoms with van der Waals surface area (Å²) in [6.07, 6.45) is 4.33. The van der Waals surface area contributed by atoms with Gasteiger partial charge in [-0.2, -0.15) is 4.57 Å². The summed E-state index contributed by atoms with van der Waals surface area (Å²) in [5.41, 5.74) is 3.45. The molecule has 0 unspecified atom stereocenters. The van der Waals surface area contributed by atoms with E-state index in [-0.39, 0.29) is 25.3 Å². The third kappa shape index (κ3) is 4.42. The number of piperazine rings is 1. The van der Waals surface area contributed by atoms with Gasteiger partial charge in [0.05, 0.1) is 18.1 Å². The normalized spacial score (nSPS) is 15.3. The number of fused-ring (bicyclic) bond motifs is 5. The van der Waals surface area contributed by atoms with Gasteiger partial charge in [0.2, 0.25) is 12.5 Å². The molecule has 0 aliphatic carbocycles. The van der Waals surface area contributed by atoms with E-state index in [4.69, 9.17) is 18.9 Å². The lowest BCUT2D eigenvalue weighted by Gasteiger charge is -2.34. The van der Waals surface area contributed by atoms with E-state index in [1.54, 1.807) is 18.2 Å². The highest BCUT2D eigenvalue weighted by molar-refractivity contribution is 5.93. The number of hydrogen-bond donors (Lipinski definition) is 0. The summed E-state index contributed by atoms with van der Waals surface area (Å²) in [5, 5.41) is 1.79. The fourth-order valence-corrected chi connectivity index (χ4v) is 5.47. The van der Waals surface area contributed by atoms with Crippen molar-refractivity contribution in [3.8, 4) is 34.3 Å². The van der Waals surface area contributed by atoms with E-state index >= 15 is 0 Å². The Morgan fingerprint density at radius 2 is 1.85 bits per heavy atom. The number of nitrogens with zero attached hydrogens (tertiary/aromatic N) is 4. The molecule has 7 rings (SSSR count). The van der Waals surface area contributed by atoms with E-state index in [1.165, 1.54) is 5.56 Å². The number of rotatable bonds is 3. The van der Waals surface area contributed by atoms with Crippen molar-refractivity contribution in [2.45, 2.75) is 13.0 Å². The molecule has 0 radical (unpaired) electrons. The SMILES string of the molecule is COc1ccc2cc3[n+](cc2c1OC(=O)N1CCN(c2ccccn2)CC1)CCc1cc2c(cc1-3)OCO2.[Cl-]. The first-order valence-electron chi connectivity index (χ1n) is 12.8. The number of carbonyl (C=O) groups excluding carboxylic acids is 1. The number of benzene rings is 2. The topological polar surface area (TPSA) is 77.2 Å². The van der Waals surface area contributed by atoms with Gasteiger partial charge in [0.25, 0.3) is 0 Å². The molecule has 1 amide bonds. The first kappa shape index (κ1) is 25.1. The van der Waals surface area contributed by atoms with Crippen LogP contribution in [0, 0.1) is 0 Å². The van der Waals surface area contributed by atoms with Crippen LogP contribution in [0.1, 0.15) is 5.56 Å². The van der Waals surface area contributed by atoms with Gasteiger partial charge < -0.3 is 41.2 Å². The summed E-state index contributed by atoms with van der Waals surface area (Å²) >= 11 is 0. The zero-order valence-corrected chi connectivity index (χ0v) is 22.2. The second kappa shape index (κ2) is 10.1. The van der Waals surface area contributed by atoms with Crippen molar-refractivity contribution in [1.82, 2.24) is 9.88 Å². The molecule has 200 valence electrons. The number of hydrogen-bond acceptors (Lipinski definition) is 7. The zero-order chi connectivity index (χ0) is 25.6. The Kier molecular flexibility index (Phi) is 6.52. The molecule has 10 heteroatoms. The molecule has 0 saturated carbocycles. The number of amides is 1. The van der Waals surface area contributed by atoms with Crippen molar-refractivity contribution in [2.75, 3.05) is 45.0 Å². The number of carbonyl (C=O) groups is 1. The highest BCUT2D eigenvalue weighted by Gasteiger charge is 2.30. The van der Waals surface area contributed by atoms with E-state index in [2.05, 4.69) is 38.8 Å². The van der Waals surface area contributed by atoms with Crippen LogP contribution in [0.4, 0.5) is 10.6 Å². The Morgan fingerprint density at radius 1 is 1.03 bits per heavy atom.